The number of hydrogen-bond acceptors (Lipinski definition) is 5. The van der Waals surface area contributed by atoms with E-state index in [1.165, 1.54) is 19.3 Å². The van der Waals surface area contributed by atoms with Crippen LogP contribution in [0.15, 0.2) is 52.0 Å². The third kappa shape index (κ3) is 4.71. The summed E-state index contributed by atoms with van der Waals surface area (Å²) in [7, 11) is -7.34. The topological polar surface area (TPSA) is 93.4 Å². The highest BCUT2D eigenvalue weighted by atomic mass is 32.2. The summed E-state index contributed by atoms with van der Waals surface area (Å²) in [6, 6.07) is 9.75. The number of sulfone groups is 1. The van der Waals surface area contributed by atoms with Crippen molar-refractivity contribution in [1.82, 2.24) is 4.72 Å². The molecule has 1 aromatic heterocycles. The van der Waals surface area contributed by atoms with Crippen LogP contribution in [0.4, 0.5) is 0 Å². The molecule has 8 heteroatoms. The Morgan fingerprint density at radius 1 is 1.04 bits per heavy atom. The van der Waals surface area contributed by atoms with E-state index in [0.717, 1.165) is 5.56 Å². The van der Waals surface area contributed by atoms with E-state index < -0.39 is 25.1 Å². The van der Waals surface area contributed by atoms with Gasteiger partial charge in [-0.3, -0.25) is 0 Å². The number of benzene rings is 1. The second-order valence-electron chi connectivity index (χ2n) is 6.02. The monoisotopic (exact) mass is 385 g/mol. The summed E-state index contributed by atoms with van der Waals surface area (Å²) >= 11 is 0. The van der Waals surface area contributed by atoms with Crippen molar-refractivity contribution in [3.8, 4) is 0 Å². The van der Waals surface area contributed by atoms with E-state index in [1.807, 2.05) is 13.8 Å². The Balaban J connectivity index is 2.38. The van der Waals surface area contributed by atoms with E-state index in [-0.39, 0.29) is 28.9 Å². The van der Waals surface area contributed by atoms with Crippen LogP contribution in [-0.4, -0.2) is 29.1 Å². The Labute approximate surface area is 149 Å². The first-order valence-electron chi connectivity index (χ1n) is 8.02. The summed E-state index contributed by atoms with van der Waals surface area (Å²) in [4.78, 5) is 0.133. The first-order valence-corrected chi connectivity index (χ1v) is 11.2. The number of furan rings is 1. The molecule has 0 fully saturated rings. The third-order valence-corrected chi connectivity index (χ3v) is 7.42. The van der Waals surface area contributed by atoms with E-state index in [2.05, 4.69) is 4.72 Å². The fraction of sp³-hybridized carbons (Fsp3) is 0.412. The van der Waals surface area contributed by atoms with Gasteiger partial charge in [0.1, 0.15) is 11.0 Å². The highest BCUT2D eigenvalue weighted by Gasteiger charge is 2.32. The van der Waals surface area contributed by atoms with Gasteiger partial charge in [-0.2, -0.15) is 0 Å². The number of nitrogens with one attached hydrogen (secondary N) is 1. The molecule has 2 aromatic rings. The molecule has 2 rings (SSSR count). The largest absolute Gasteiger partial charge is 0.468 e. The summed E-state index contributed by atoms with van der Waals surface area (Å²) in [5.74, 6) is 0.363. The first-order chi connectivity index (χ1) is 11.7. The molecule has 0 radical (unpaired) electrons. The smallest absolute Gasteiger partial charge is 0.211 e. The van der Waals surface area contributed by atoms with Crippen LogP contribution in [0.3, 0.4) is 0 Å². The van der Waals surface area contributed by atoms with Crippen molar-refractivity contribution in [3.05, 3.63) is 54.0 Å². The lowest BCUT2D eigenvalue weighted by molar-refractivity contribution is 0.486. The van der Waals surface area contributed by atoms with Crippen LogP contribution >= 0.6 is 0 Å². The molecule has 0 unspecified atom stereocenters. The SMILES string of the molecule is CCS(=O)(=O)NC[C@H](c1ccco1)S(=O)(=O)c1ccc(C(C)C)cc1. The molecule has 6 nitrogen and oxygen atoms in total. The molecule has 1 N–H and O–H groups in total. The van der Waals surface area contributed by atoms with Gasteiger partial charge in [-0.1, -0.05) is 26.0 Å². The van der Waals surface area contributed by atoms with Gasteiger partial charge in [0.15, 0.2) is 9.84 Å². The van der Waals surface area contributed by atoms with Gasteiger partial charge >= 0.3 is 0 Å². The van der Waals surface area contributed by atoms with E-state index in [4.69, 9.17) is 4.42 Å². The zero-order chi connectivity index (χ0) is 18.7. The van der Waals surface area contributed by atoms with E-state index >= 15 is 0 Å². The molecular weight excluding hydrogens is 362 g/mol. The molecule has 1 aromatic carbocycles. The normalized spacial score (nSPS) is 13.9. The average molecular weight is 386 g/mol. The zero-order valence-corrected chi connectivity index (χ0v) is 16.1. The van der Waals surface area contributed by atoms with Gasteiger partial charge in [-0.05, 0) is 42.7 Å². The van der Waals surface area contributed by atoms with Gasteiger partial charge in [-0.25, -0.2) is 21.6 Å². The van der Waals surface area contributed by atoms with Crippen LogP contribution < -0.4 is 4.72 Å². The number of rotatable bonds is 8. The van der Waals surface area contributed by atoms with Crippen molar-refractivity contribution in [3.63, 3.8) is 0 Å². The Hall–Kier alpha value is -1.64. The lowest BCUT2D eigenvalue weighted by atomic mass is 10.0. The minimum absolute atomic E-state index is 0.124. The Kier molecular flexibility index (Phi) is 6.08. The lowest BCUT2D eigenvalue weighted by Crippen LogP contribution is -2.32. The van der Waals surface area contributed by atoms with Crippen molar-refractivity contribution in [1.29, 1.82) is 0 Å². The Morgan fingerprint density at radius 2 is 1.68 bits per heavy atom. The Bertz CT molecular complexity index is 883. The third-order valence-electron chi connectivity index (χ3n) is 3.98. The maximum atomic E-state index is 13.0. The van der Waals surface area contributed by atoms with Gasteiger partial charge in [-0.15, -0.1) is 0 Å². The summed E-state index contributed by atoms with van der Waals surface area (Å²) in [5, 5.41) is -1.13. The standard InChI is InChI=1S/C17H23NO5S2/c1-4-24(19,20)18-12-17(16-6-5-11-23-16)25(21,22)15-9-7-14(8-10-15)13(2)3/h5-11,13,17-18H,4,12H2,1-3H3/t17-/m1/s1. The maximum Gasteiger partial charge on any atom is 0.211 e. The van der Waals surface area contributed by atoms with Crippen molar-refractivity contribution in [2.45, 2.75) is 36.8 Å². The summed E-state index contributed by atoms with van der Waals surface area (Å²) in [6.07, 6.45) is 1.37. The molecular formula is C17H23NO5S2. The molecule has 0 aliphatic heterocycles. The first kappa shape index (κ1) is 19.7. The number of hydrogen-bond donors (Lipinski definition) is 1. The van der Waals surface area contributed by atoms with Crippen molar-refractivity contribution < 1.29 is 21.3 Å². The van der Waals surface area contributed by atoms with Gasteiger partial charge in [0.25, 0.3) is 0 Å². The van der Waals surface area contributed by atoms with Crippen LogP contribution in [0.5, 0.6) is 0 Å². The highest BCUT2D eigenvalue weighted by molar-refractivity contribution is 7.92. The summed E-state index contributed by atoms with van der Waals surface area (Å²) in [6.45, 7) is 5.25. The second kappa shape index (κ2) is 7.72. The minimum atomic E-state index is -3.82. The molecule has 0 saturated heterocycles. The minimum Gasteiger partial charge on any atom is -0.468 e. The van der Waals surface area contributed by atoms with Crippen molar-refractivity contribution in [2.75, 3.05) is 12.3 Å². The van der Waals surface area contributed by atoms with Crippen molar-refractivity contribution >= 4 is 19.9 Å². The van der Waals surface area contributed by atoms with E-state index in [1.54, 1.807) is 30.3 Å². The molecule has 25 heavy (non-hydrogen) atoms. The number of sulfonamides is 1. The molecule has 0 aliphatic carbocycles. The predicted molar refractivity (Wildman–Crippen MR) is 96.6 cm³/mol. The second-order valence-corrected chi connectivity index (χ2v) is 10.3. The van der Waals surface area contributed by atoms with Crippen LogP contribution in [0.2, 0.25) is 0 Å². The lowest BCUT2D eigenvalue weighted by Gasteiger charge is -2.17. The predicted octanol–water partition coefficient (Wildman–Crippen LogP) is 2.86. The fourth-order valence-corrected chi connectivity index (χ4v) is 4.67. The van der Waals surface area contributed by atoms with Crippen molar-refractivity contribution in [2.24, 2.45) is 0 Å². The van der Waals surface area contributed by atoms with Crippen LogP contribution in [-0.2, 0) is 19.9 Å². The molecule has 0 saturated carbocycles. The van der Waals surface area contributed by atoms with Gasteiger partial charge in [0.05, 0.1) is 16.9 Å². The molecule has 1 atom stereocenters. The average Bonchev–Trinajstić information content (AvgIpc) is 3.09. The molecule has 1 heterocycles. The van der Waals surface area contributed by atoms with Gasteiger partial charge in [0.2, 0.25) is 10.0 Å². The summed E-state index contributed by atoms with van der Waals surface area (Å²) < 4.78 is 57.1. The zero-order valence-electron chi connectivity index (χ0n) is 14.5. The highest BCUT2D eigenvalue weighted by Crippen LogP contribution is 2.30. The Morgan fingerprint density at radius 3 is 2.16 bits per heavy atom. The van der Waals surface area contributed by atoms with Crippen LogP contribution in [0.1, 0.15) is 43.3 Å². The molecule has 138 valence electrons. The van der Waals surface area contributed by atoms with Crippen LogP contribution in [0, 0.1) is 0 Å². The molecule has 0 bridgehead atoms. The van der Waals surface area contributed by atoms with Gasteiger partial charge < -0.3 is 4.42 Å². The molecule has 0 spiro atoms. The van der Waals surface area contributed by atoms with E-state index in [9.17, 15) is 16.8 Å². The van der Waals surface area contributed by atoms with E-state index in [0.29, 0.717) is 0 Å². The van der Waals surface area contributed by atoms with Gasteiger partial charge in [0, 0.05) is 6.54 Å². The molecule has 0 amide bonds. The fourth-order valence-electron chi connectivity index (χ4n) is 2.35. The van der Waals surface area contributed by atoms with Crippen LogP contribution in [0.25, 0.3) is 0 Å². The quantitative estimate of drug-likeness (QED) is 0.754. The maximum absolute atomic E-state index is 13.0. The summed E-state index contributed by atoms with van der Waals surface area (Å²) in [5.41, 5.74) is 1.03. The molecule has 0 aliphatic rings.